The average molecular weight is 286 g/mol. The van der Waals surface area contributed by atoms with Crippen molar-refractivity contribution in [2.45, 2.75) is 45.1 Å². The lowest BCUT2D eigenvalue weighted by Crippen LogP contribution is -2.43. The second kappa shape index (κ2) is 9.53. The summed E-state index contributed by atoms with van der Waals surface area (Å²) in [6, 6.07) is 0. The first-order chi connectivity index (χ1) is 9.24. The monoisotopic (exact) mass is 286 g/mol. The molecule has 1 N–H and O–H groups in total. The van der Waals surface area contributed by atoms with Crippen LogP contribution in [0.25, 0.3) is 0 Å². The van der Waals surface area contributed by atoms with Gasteiger partial charge in [0.25, 0.3) is 0 Å². The average Bonchev–Trinajstić information content (AvgIpc) is 2.25. The number of carboxylic acids is 1. The lowest BCUT2D eigenvalue weighted by Gasteiger charge is -2.28. The molecule has 0 rings (SSSR count). The Kier molecular flexibility index (Phi) is 8.88. The smallest absolute Gasteiger partial charge is 0.310 e. The third-order valence-electron chi connectivity index (χ3n) is 2.63. The first-order valence-corrected chi connectivity index (χ1v) is 7.11. The molecule has 1 unspecified atom stereocenters. The number of hydrogen-bond donors (Lipinski definition) is 1. The molecule has 0 amide bonds. The van der Waals surface area contributed by atoms with Gasteiger partial charge in [-0.25, -0.2) is 0 Å². The van der Waals surface area contributed by atoms with Gasteiger partial charge >= 0.3 is 11.9 Å². The highest BCUT2D eigenvalue weighted by molar-refractivity contribution is 5.72. The van der Waals surface area contributed by atoms with Crippen LogP contribution < -0.4 is 0 Å². The quantitative estimate of drug-likeness (QED) is 0.289. The van der Waals surface area contributed by atoms with E-state index < -0.39 is 12.1 Å². The van der Waals surface area contributed by atoms with Gasteiger partial charge in [0, 0.05) is 0 Å². The summed E-state index contributed by atoms with van der Waals surface area (Å²) in [5.41, 5.74) is 0. The Morgan fingerprint density at radius 1 is 1.25 bits per heavy atom. The van der Waals surface area contributed by atoms with Crippen LogP contribution in [-0.2, 0) is 14.3 Å². The Bertz CT molecular complexity index is 331. The van der Waals surface area contributed by atoms with E-state index in [1.165, 1.54) is 0 Å². The summed E-state index contributed by atoms with van der Waals surface area (Å²) in [4.78, 5) is 22.5. The van der Waals surface area contributed by atoms with Crippen LogP contribution in [0.5, 0.6) is 0 Å². The maximum atomic E-state index is 11.7. The number of carboxylic acid groups (broad SMARTS) is 1. The molecule has 0 aliphatic heterocycles. The van der Waals surface area contributed by atoms with Crippen molar-refractivity contribution in [1.82, 2.24) is 0 Å². The second-order valence-electron chi connectivity index (χ2n) is 6.00. The Labute approximate surface area is 121 Å². The molecule has 0 aromatic carbocycles. The summed E-state index contributed by atoms with van der Waals surface area (Å²) in [5.74, 6) is -1.31. The molecule has 5 nitrogen and oxygen atoms in total. The minimum Gasteiger partial charge on any atom is -0.481 e. The van der Waals surface area contributed by atoms with Gasteiger partial charge in [0.1, 0.15) is 6.54 Å². The molecule has 0 heterocycles. The number of hydrogen-bond acceptors (Lipinski definition) is 3. The summed E-state index contributed by atoms with van der Waals surface area (Å²) in [6.07, 6.45) is 6.43. The summed E-state index contributed by atoms with van der Waals surface area (Å²) in [5, 5.41) is 8.85. The van der Waals surface area contributed by atoms with Gasteiger partial charge < -0.3 is 14.3 Å². The van der Waals surface area contributed by atoms with Crippen molar-refractivity contribution < 1.29 is 23.9 Å². The van der Waals surface area contributed by atoms with E-state index >= 15 is 0 Å². The van der Waals surface area contributed by atoms with Crippen molar-refractivity contribution in [2.24, 2.45) is 0 Å². The number of carbonyl (C=O) groups is 2. The van der Waals surface area contributed by atoms with Crippen LogP contribution >= 0.6 is 0 Å². The molecule has 0 aromatic heterocycles. The Morgan fingerprint density at radius 2 is 1.90 bits per heavy atom. The summed E-state index contributed by atoms with van der Waals surface area (Å²) < 4.78 is 5.81. The van der Waals surface area contributed by atoms with E-state index in [1.807, 2.05) is 27.2 Å². The number of rotatable bonds is 10. The van der Waals surface area contributed by atoms with E-state index in [0.29, 0.717) is 11.0 Å². The Morgan fingerprint density at radius 3 is 2.40 bits per heavy atom. The largest absolute Gasteiger partial charge is 0.481 e. The van der Waals surface area contributed by atoms with Crippen LogP contribution in [0, 0.1) is 0 Å². The number of allylic oxidation sites excluding steroid dienone is 1. The zero-order valence-corrected chi connectivity index (χ0v) is 13.1. The van der Waals surface area contributed by atoms with Gasteiger partial charge in [-0.2, -0.15) is 0 Å². The van der Waals surface area contributed by atoms with Gasteiger partial charge in [0.05, 0.1) is 34.0 Å². The normalized spacial score (nSPS) is 13.4. The number of esters is 1. The van der Waals surface area contributed by atoms with Crippen LogP contribution in [-0.4, -0.2) is 55.3 Å². The van der Waals surface area contributed by atoms with E-state index in [-0.39, 0.29) is 18.8 Å². The SMILES string of the molecule is CCCCC=CCC(=O)OC(CC(=O)O)C[N+](C)(C)C. The van der Waals surface area contributed by atoms with Crippen molar-refractivity contribution in [3.63, 3.8) is 0 Å². The topological polar surface area (TPSA) is 63.6 Å². The highest BCUT2D eigenvalue weighted by Crippen LogP contribution is 2.07. The molecule has 0 aliphatic rings. The maximum absolute atomic E-state index is 11.7. The van der Waals surface area contributed by atoms with Gasteiger partial charge in [-0.1, -0.05) is 31.9 Å². The lowest BCUT2D eigenvalue weighted by atomic mass is 10.2. The van der Waals surface area contributed by atoms with Crippen molar-refractivity contribution in [1.29, 1.82) is 0 Å². The summed E-state index contributed by atoms with van der Waals surface area (Å²) in [7, 11) is 5.81. The number of ether oxygens (including phenoxy) is 1. The number of nitrogens with zero attached hydrogens (tertiary/aromatic N) is 1. The Hall–Kier alpha value is -1.36. The standard InChI is InChI=1S/C15H27NO4/c1-5-6-7-8-9-10-15(19)20-13(11-14(17)18)12-16(2,3)4/h8-9,13H,5-7,10-12H2,1-4H3/p+1. The molecule has 116 valence electrons. The molecule has 0 aromatic rings. The molecule has 0 aliphatic carbocycles. The fourth-order valence-electron chi connectivity index (χ4n) is 1.80. The van der Waals surface area contributed by atoms with Crippen LogP contribution in [0.4, 0.5) is 0 Å². The van der Waals surface area contributed by atoms with Crippen molar-refractivity contribution in [3.8, 4) is 0 Å². The highest BCUT2D eigenvalue weighted by Gasteiger charge is 2.24. The molecule has 20 heavy (non-hydrogen) atoms. The van der Waals surface area contributed by atoms with E-state index in [2.05, 4.69) is 6.92 Å². The first-order valence-electron chi connectivity index (χ1n) is 7.11. The van der Waals surface area contributed by atoms with Gasteiger partial charge in [-0.05, 0) is 6.42 Å². The van der Waals surface area contributed by atoms with E-state index in [4.69, 9.17) is 9.84 Å². The van der Waals surface area contributed by atoms with Gasteiger partial charge in [-0.3, -0.25) is 9.59 Å². The van der Waals surface area contributed by atoms with Gasteiger partial charge in [0.15, 0.2) is 6.10 Å². The van der Waals surface area contributed by atoms with Crippen molar-refractivity contribution in [2.75, 3.05) is 27.7 Å². The summed E-state index contributed by atoms with van der Waals surface area (Å²) >= 11 is 0. The predicted molar refractivity (Wildman–Crippen MR) is 78.3 cm³/mol. The van der Waals surface area contributed by atoms with Crippen LogP contribution in [0.15, 0.2) is 12.2 Å². The molecule has 0 radical (unpaired) electrons. The number of quaternary nitrogens is 1. The number of carbonyl (C=O) groups excluding carboxylic acids is 1. The predicted octanol–water partition coefficient (Wildman–Crippen LogP) is 2.22. The number of aliphatic carboxylic acids is 1. The van der Waals surface area contributed by atoms with E-state index in [9.17, 15) is 9.59 Å². The molecule has 0 bridgehead atoms. The summed E-state index contributed by atoms with van der Waals surface area (Å²) in [6.45, 7) is 2.60. The Balaban J connectivity index is 4.24. The number of likely N-dealkylation sites (N-methyl/N-ethyl adjacent to an activating group) is 1. The van der Waals surface area contributed by atoms with Crippen molar-refractivity contribution >= 4 is 11.9 Å². The third-order valence-corrected chi connectivity index (χ3v) is 2.63. The van der Waals surface area contributed by atoms with Crippen LogP contribution in [0.2, 0.25) is 0 Å². The molecule has 0 fully saturated rings. The van der Waals surface area contributed by atoms with Gasteiger partial charge in [0.2, 0.25) is 0 Å². The minimum absolute atomic E-state index is 0.152. The molecular weight excluding hydrogens is 258 g/mol. The van der Waals surface area contributed by atoms with E-state index in [0.717, 1.165) is 19.3 Å². The second-order valence-corrected chi connectivity index (χ2v) is 6.00. The molecular formula is C15H28NO4+. The minimum atomic E-state index is -0.949. The molecule has 0 spiro atoms. The van der Waals surface area contributed by atoms with Crippen molar-refractivity contribution in [3.05, 3.63) is 12.2 Å². The maximum Gasteiger partial charge on any atom is 0.310 e. The van der Waals surface area contributed by atoms with Gasteiger partial charge in [-0.15, -0.1) is 0 Å². The zero-order valence-electron chi connectivity index (χ0n) is 13.1. The van der Waals surface area contributed by atoms with Crippen LogP contribution in [0.1, 0.15) is 39.0 Å². The number of unbranched alkanes of at least 4 members (excludes halogenated alkanes) is 2. The molecule has 0 saturated carbocycles. The van der Waals surface area contributed by atoms with Crippen LogP contribution in [0.3, 0.4) is 0 Å². The molecule has 1 atom stereocenters. The lowest BCUT2D eigenvalue weighted by molar-refractivity contribution is -0.873. The fraction of sp³-hybridized carbons (Fsp3) is 0.733. The zero-order chi connectivity index (χ0) is 15.6. The third kappa shape index (κ3) is 11.7. The fourth-order valence-corrected chi connectivity index (χ4v) is 1.80. The first kappa shape index (κ1) is 18.6. The molecule has 5 heteroatoms. The molecule has 0 saturated heterocycles. The van der Waals surface area contributed by atoms with E-state index in [1.54, 1.807) is 6.08 Å². The highest BCUT2D eigenvalue weighted by atomic mass is 16.5.